The molecule has 0 aromatic heterocycles. The number of likely N-dealkylation sites (tertiary alicyclic amines) is 1. The number of benzene rings is 3. The first kappa shape index (κ1) is 53.5. The molecule has 10 amide bonds. The number of rotatable bonds is 16. The van der Waals surface area contributed by atoms with E-state index in [1.165, 1.54) is 44.7 Å². The first-order valence-corrected chi connectivity index (χ1v) is 22.8. The minimum Gasteiger partial charge on any atom is -0.445 e. The monoisotopic (exact) mass is 989 g/mol. The molecule has 0 bridgehead atoms. The number of alkyl carbamates (subject to hydrolysis) is 1. The van der Waals surface area contributed by atoms with Gasteiger partial charge in [0.2, 0.25) is 17.7 Å². The predicted octanol–water partition coefficient (Wildman–Crippen LogP) is 5.48. The van der Waals surface area contributed by atoms with E-state index in [9.17, 15) is 43.2 Å². The van der Waals surface area contributed by atoms with E-state index < -0.39 is 77.9 Å². The maximum absolute atomic E-state index is 13.6. The molecule has 376 valence electrons. The van der Waals surface area contributed by atoms with Crippen molar-refractivity contribution in [3.05, 3.63) is 93.5 Å². The molecule has 3 aromatic rings. The number of carbonyl (C=O) groups is 9. The number of hydrogen-bond acceptors (Lipinski definition) is 12. The molecule has 0 saturated carbocycles. The second-order valence-electron chi connectivity index (χ2n) is 18.5. The topological polar surface area (TPSA) is 254 Å². The van der Waals surface area contributed by atoms with E-state index in [1.807, 2.05) is 6.92 Å². The van der Waals surface area contributed by atoms with Gasteiger partial charge in [-0.3, -0.25) is 24.0 Å². The highest BCUT2D eigenvalue weighted by molar-refractivity contribution is 6.31. The highest BCUT2D eigenvalue weighted by atomic mass is 35.5. The summed E-state index contributed by atoms with van der Waals surface area (Å²) in [5.74, 6) is -2.75. The van der Waals surface area contributed by atoms with Crippen molar-refractivity contribution in [1.29, 1.82) is 0 Å². The van der Waals surface area contributed by atoms with Gasteiger partial charge < -0.3 is 55.5 Å². The van der Waals surface area contributed by atoms with Crippen molar-refractivity contribution in [3.8, 4) is 0 Å². The van der Waals surface area contributed by atoms with Crippen LogP contribution in [0.5, 0.6) is 0 Å². The molecule has 1 unspecified atom stereocenters. The van der Waals surface area contributed by atoms with Gasteiger partial charge in [0, 0.05) is 68.7 Å². The van der Waals surface area contributed by atoms with E-state index in [-0.39, 0.29) is 51.5 Å². The number of piperidine rings is 1. The number of aryl methyl sites for hydroxylation is 1. The van der Waals surface area contributed by atoms with Crippen LogP contribution in [-0.2, 0) is 53.1 Å². The molecule has 5 N–H and O–H groups in total. The maximum Gasteiger partial charge on any atom is 0.411 e. The van der Waals surface area contributed by atoms with Crippen LogP contribution >= 0.6 is 11.6 Å². The second-order valence-corrected chi connectivity index (χ2v) is 18.9. The molecular weight excluding hydrogens is 930 g/mol. The van der Waals surface area contributed by atoms with Gasteiger partial charge in [-0.25, -0.2) is 24.1 Å². The van der Waals surface area contributed by atoms with Gasteiger partial charge in [-0.1, -0.05) is 41.9 Å². The molecule has 5 rings (SSSR count). The van der Waals surface area contributed by atoms with Crippen molar-refractivity contribution < 1.29 is 57.4 Å². The Labute approximate surface area is 410 Å². The molecule has 1 fully saturated rings. The van der Waals surface area contributed by atoms with Crippen LogP contribution in [-0.4, -0.2) is 131 Å². The SMILES string of the molecule is Cc1ccc(NC(=O)NCc2ccc3c(c2)CN(C2CCC(=O)N(COC(=O)N(C)CCN(C)C(=O)OCc4ccc(NC(=O)[C@H](C)NC(=O)C(C)(C)NC(=O)OC(C)(C)C)cc4)C2=O)C3=O)cc1Cl. The van der Waals surface area contributed by atoms with Gasteiger partial charge in [0.25, 0.3) is 11.8 Å². The van der Waals surface area contributed by atoms with Gasteiger partial charge in [0.1, 0.15) is 29.8 Å². The van der Waals surface area contributed by atoms with Crippen LogP contribution in [0, 0.1) is 6.92 Å². The Balaban J connectivity index is 1.01. The van der Waals surface area contributed by atoms with Crippen molar-refractivity contribution in [1.82, 2.24) is 35.6 Å². The number of nitrogens with one attached hydrogen (secondary N) is 5. The molecule has 70 heavy (non-hydrogen) atoms. The number of carbonyl (C=O) groups excluding carboxylic acids is 9. The van der Waals surface area contributed by atoms with E-state index in [2.05, 4.69) is 26.6 Å². The van der Waals surface area contributed by atoms with Crippen molar-refractivity contribution in [2.75, 3.05) is 44.5 Å². The third-order valence-electron chi connectivity index (χ3n) is 11.2. The summed E-state index contributed by atoms with van der Waals surface area (Å²) < 4.78 is 15.9. The molecule has 22 heteroatoms. The number of amides is 10. The van der Waals surface area contributed by atoms with E-state index in [0.717, 1.165) is 20.9 Å². The van der Waals surface area contributed by atoms with Crippen LogP contribution in [0.1, 0.15) is 87.0 Å². The lowest BCUT2D eigenvalue weighted by Crippen LogP contribution is -2.58. The van der Waals surface area contributed by atoms with Gasteiger partial charge in [0.05, 0.1) is 0 Å². The molecule has 2 aliphatic heterocycles. The van der Waals surface area contributed by atoms with Crippen LogP contribution in [0.4, 0.5) is 30.6 Å². The number of anilines is 2. The summed E-state index contributed by atoms with van der Waals surface area (Å²) in [5.41, 5.74) is 2.05. The number of likely N-dealkylation sites (N-methyl/N-ethyl adjacent to an activating group) is 2. The Hall–Kier alpha value is -7.42. The van der Waals surface area contributed by atoms with Crippen LogP contribution in [0.3, 0.4) is 0 Å². The van der Waals surface area contributed by atoms with E-state index in [4.69, 9.17) is 25.8 Å². The van der Waals surface area contributed by atoms with Crippen molar-refractivity contribution in [2.45, 2.75) is 104 Å². The highest BCUT2D eigenvalue weighted by Gasteiger charge is 2.43. The Morgan fingerprint density at radius 1 is 0.829 bits per heavy atom. The summed E-state index contributed by atoms with van der Waals surface area (Å²) in [6, 6.07) is 14.4. The Morgan fingerprint density at radius 3 is 2.10 bits per heavy atom. The molecule has 1 saturated heterocycles. The molecule has 21 nitrogen and oxygen atoms in total. The van der Waals surface area contributed by atoms with Gasteiger partial charge in [0.15, 0.2) is 6.73 Å². The summed E-state index contributed by atoms with van der Waals surface area (Å²) in [5, 5.41) is 13.8. The van der Waals surface area contributed by atoms with E-state index in [1.54, 1.807) is 81.4 Å². The molecule has 2 heterocycles. The molecule has 3 aromatic carbocycles. The first-order valence-electron chi connectivity index (χ1n) is 22.4. The molecule has 0 aliphatic carbocycles. The Kier molecular flexibility index (Phi) is 17.4. The lowest BCUT2D eigenvalue weighted by molar-refractivity contribution is -0.157. The summed E-state index contributed by atoms with van der Waals surface area (Å²) in [6.07, 6.45) is -2.31. The van der Waals surface area contributed by atoms with Crippen LogP contribution in [0.2, 0.25) is 5.02 Å². The summed E-state index contributed by atoms with van der Waals surface area (Å²) in [7, 11) is 2.89. The highest BCUT2D eigenvalue weighted by Crippen LogP contribution is 2.30. The van der Waals surface area contributed by atoms with Crippen molar-refractivity contribution in [2.24, 2.45) is 0 Å². The zero-order valence-corrected chi connectivity index (χ0v) is 41.4. The third kappa shape index (κ3) is 14.5. The fraction of sp³-hybridized carbons (Fsp3) is 0.438. The second kappa shape index (κ2) is 22.8. The zero-order valence-electron chi connectivity index (χ0n) is 40.7. The molecule has 0 radical (unpaired) electrons. The molecular formula is C48H60ClN9O12. The zero-order chi connectivity index (χ0) is 51.7. The number of nitrogens with zero attached hydrogens (tertiary/aromatic N) is 4. The number of fused-ring (bicyclic) bond motifs is 1. The van der Waals surface area contributed by atoms with Crippen LogP contribution in [0.25, 0.3) is 0 Å². The number of urea groups is 1. The number of hydrogen-bond donors (Lipinski definition) is 5. The largest absolute Gasteiger partial charge is 0.445 e. The Morgan fingerprint density at radius 2 is 1.46 bits per heavy atom. The van der Waals surface area contributed by atoms with E-state index >= 15 is 0 Å². The summed E-state index contributed by atoms with van der Waals surface area (Å²) >= 11 is 6.16. The fourth-order valence-electron chi connectivity index (χ4n) is 6.99. The quantitative estimate of drug-likeness (QED) is 0.0883. The number of ether oxygens (including phenoxy) is 3. The predicted molar refractivity (Wildman–Crippen MR) is 256 cm³/mol. The minimum absolute atomic E-state index is 0.00428. The minimum atomic E-state index is -1.37. The lowest BCUT2D eigenvalue weighted by Gasteiger charge is -2.35. The molecule has 0 spiro atoms. The van der Waals surface area contributed by atoms with Crippen LogP contribution in [0.15, 0.2) is 60.7 Å². The maximum atomic E-state index is 13.6. The van der Waals surface area contributed by atoms with Gasteiger partial charge in [-0.15, -0.1) is 0 Å². The third-order valence-corrected chi connectivity index (χ3v) is 11.6. The van der Waals surface area contributed by atoms with E-state index in [0.29, 0.717) is 33.1 Å². The van der Waals surface area contributed by atoms with Crippen molar-refractivity contribution >= 4 is 76.8 Å². The average Bonchev–Trinajstić information content (AvgIpc) is 3.61. The Bertz CT molecular complexity index is 2510. The normalized spacial score (nSPS) is 15.0. The standard InChI is InChI=1S/C48H60ClN9O12/c1-28-10-14-34(23-36(28)49)53-43(64)50-24-31-13-17-35-32(22-31)25-57(40(35)61)37-18-19-38(59)58(41(37)62)27-69-46(67)56(9)21-20-55(8)45(66)68-26-30-11-15-33(16-12-30)52-39(60)29(2)51-42(63)48(6,7)54-44(65)70-47(3,4)5/h10-17,22-23,29,37H,18-21,24-27H2,1-9H3,(H,51,63)(H,52,60)(H,54,65)(H2,50,53,64)/t29-,37?/m0/s1. The summed E-state index contributed by atoms with van der Waals surface area (Å²) in [6.45, 7) is 10.9. The van der Waals surface area contributed by atoms with Crippen LogP contribution < -0.4 is 26.6 Å². The van der Waals surface area contributed by atoms with Gasteiger partial charge >= 0.3 is 24.3 Å². The van der Waals surface area contributed by atoms with Gasteiger partial charge in [-0.2, -0.15) is 0 Å². The van der Waals surface area contributed by atoms with Gasteiger partial charge in [-0.05, 0) is 107 Å². The lowest BCUT2D eigenvalue weighted by atomic mass is 10.0. The summed E-state index contributed by atoms with van der Waals surface area (Å²) in [4.78, 5) is 121. The fourth-order valence-corrected chi connectivity index (χ4v) is 7.17. The smallest absolute Gasteiger partial charge is 0.411 e. The first-order chi connectivity index (χ1) is 32.8. The number of halogens is 1. The number of imide groups is 1. The van der Waals surface area contributed by atoms with Crippen molar-refractivity contribution in [3.63, 3.8) is 0 Å². The molecule has 2 atom stereocenters. The average molecular weight is 991 g/mol. The molecule has 2 aliphatic rings.